The predicted molar refractivity (Wildman–Crippen MR) is 71.4 cm³/mol. The second-order valence-electron chi connectivity index (χ2n) is 7.60. The van der Waals surface area contributed by atoms with Crippen LogP contribution in [0.5, 0.6) is 0 Å². The van der Waals surface area contributed by atoms with Crippen molar-refractivity contribution in [1.82, 2.24) is 0 Å². The Morgan fingerprint density at radius 1 is 1.11 bits per heavy atom. The van der Waals surface area contributed by atoms with Crippen LogP contribution in [-0.2, 0) is 9.47 Å². The zero-order valence-electron chi connectivity index (χ0n) is 11.8. The highest BCUT2D eigenvalue weighted by Gasteiger charge is 2.50. The second-order valence-corrected chi connectivity index (χ2v) is 7.60. The number of hydrogen-bond acceptors (Lipinski definition) is 3. The molecular formula is C15H27NO2. The van der Waals surface area contributed by atoms with E-state index >= 15 is 0 Å². The first-order chi connectivity index (χ1) is 8.43. The average Bonchev–Trinajstić information content (AvgIpc) is 2.85. The van der Waals surface area contributed by atoms with E-state index in [0.29, 0.717) is 11.3 Å². The fraction of sp³-hybridized carbons (Fsp3) is 1.00. The molecule has 3 nitrogen and oxygen atoms in total. The lowest BCUT2D eigenvalue weighted by atomic mass is 9.71. The van der Waals surface area contributed by atoms with Crippen molar-refractivity contribution in [2.75, 3.05) is 19.8 Å². The molecule has 0 aromatic carbocycles. The molecule has 2 heterocycles. The smallest absolute Gasteiger partial charge is 0.0940 e. The number of rotatable bonds is 1. The maximum absolute atomic E-state index is 6.76. The van der Waals surface area contributed by atoms with Crippen LogP contribution in [0.2, 0.25) is 0 Å². The van der Waals surface area contributed by atoms with Crippen molar-refractivity contribution in [2.24, 2.45) is 17.1 Å². The van der Waals surface area contributed by atoms with Gasteiger partial charge in [0.15, 0.2) is 0 Å². The monoisotopic (exact) mass is 253 g/mol. The maximum atomic E-state index is 6.76. The van der Waals surface area contributed by atoms with Gasteiger partial charge in [0.25, 0.3) is 0 Å². The molecule has 3 atom stereocenters. The molecule has 1 saturated carbocycles. The summed E-state index contributed by atoms with van der Waals surface area (Å²) in [6.07, 6.45) is 6.92. The molecule has 2 saturated heterocycles. The van der Waals surface area contributed by atoms with Crippen LogP contribution in [0.3, 0.4) is 0 Å². The van der Waals surface area contributed by atoms with E-state index in [1.165, 1.54) is 19.3 Å². The Morgan fingerprint density at radius 3 is 2.56 bits per heavy atom. The van der Waals surface area contributed by atoms with E-state index in [1.54, 1.807) is 0 Å². The van der Waals surface area contributed by atoms with Crippen LogP contribution in [0.25, 0.3) is 0 Å². The van der Waals surface area contributed by atoms with E-state index in [-0.39, 0.29) is 11.1 Å². The molecule has 3 heteroatoms. The zero-order valence-corrected chi connectivity index (χ0v) is 11.8. The predicted octanol–water partition coefficient (Wildman–Crippen LogP) is 2.48. The summed E-state index contributed by atoms with van der Waals surface area (Å²) in [5, 5.41) is 0. The molecule has 0 bridgehead atoms. The molecule has 104 valence electrons. The molecule has 18 heavy (non-hydrogen) atoms. The summed E-state index contributed by atoms with van der Waals surface area (Å²) in [6.45, 7) is 7.22. The molecule has 3 rings (SSSR count). The Labute approximate surface area is 110 Å². The van der Waals surface area contributed by atoms with Crippen LogP contribution < -0.4 is 5.73 Å². The molecular weight excluding hydrogens is 226 g/mol. The van der Waals surface area contributed by atoms with E-state index in [9.17, 15) is 0 Å². The number of hydrogen-bond donors (Lipinski definition) is 1. The lowest BCUT2D eigenvalue weighted by molar-refractivity contribution is -0.109. The average molecular weight is 253 g/mol. The first-order valence-electron chi connectivity index (χ1n) is 7.44. The zero-order chi connectivity index (χ0) is 12.9. The standard InChI is InChI=1S/C15H27NO2/c1-13(2)4-5-15(16,10-13)12-3-7-18-14(9-12)6-8-17-11-14/h12H,3-11,16H2,1-2H3. The summed E-state index contributed by atoms with van der Waals surface area (Å²) in [4.78, 5) is 0. The normalized spacial score (nSPS) is 47.8. The van der Waals surface area contributed by atoms with Gasteiger partial charge in [0.1, 0.15) is 0 Å². The topological polar surface area (TPSA) is 44.5 Å². The quantitative estimate of drug-likeness (QED) is 0.781. The van der Waals surface area contributed by atoms with Crippen LogP contribution in [0.1, 0.15) is 52.4 Å². The summed E-state index contributed by atoms with van der Waals surface area (Å²) in [7, 11) is 0. The van der Waals surface area contributed by atoms with Gasteiger partial charge in [0, 0.05) is 25.2 Å². The Hall–Kier alpha value is -0.120. The van der Waals surface area contributed by atoms with Crippen LogP contribution in [0, 0.1) is 11.3 Å². The Kier molecular flexibility index (Phi) is 3.00. The number of nitrogens with two attached hydrogens (primary N) is 1. The van der Waals surface area contributed by atoms with Crippen molar-refractivity contribution in [3.63, 3.8) is 0 Å². The minimum atomic E-state index is 0.00200. The summed E-state index contributed by atoms with van der Waals surface area (Å²) >= 11 is 0. The minimum absolute atomic E-state index is 0.00200. The van der Waals surface area contributed by atoms with E-state index in [1.807, 2.05) is 0 Å². The summed E-state index contributed by atoms with van der Waals surface area (Å²) in [6, 6.07) is 0. The first-order valence-corrected chi connectivity index (χ1v) is 7.44. The Balaban J connectivity index is 1.72. The third-order valence-corrected chi connectivity index (χ3v) is 5.45. The second kappa shape index (κ2) is 4.19. The van der Waals surface area contributed by atoms with Crippen LogP contribution in [0.15, 0.2) is 0 Å². The fourth-order valence-corrected chi connectivity index (χ4v) is 4.37. The minimum Gasteiger partial charge on any atom is -0.378 e. The van der Waals surface area contributed by atoms with Crippen LogP contribution >= 0.6 is 0 Å². The summed E-state index contributed by atoms with van der Waals surface area (Å²) in [5.74, 6) is 0.620. The third-order valence-electron chi connectivity index (χ3n) is 5.45. The molecule has 0 amide bonds. The highest BCUT2D eigenvalue weighted by atomic mass is 16.6. The van der Waals surface area contributed by atoms with Crippen molar-refractivity contribution in [3.05, 3.63) is 0 Å². The Bertz CT molecular complexity index is 322. The van der Waals surface area contributed by atoms with Crippen molar-refractivity contribution in [2.45, 2.75) is 63.5 Å². The van der Waals surface area contributed by atoms with E-state index < -0.39 is 0 Å². The van der Waals surface area contributed by atoms with Crippen molar-refractivity contribution in [1.29, 1.82) is 0 Å². The summed E-state index contributed by atoms with van der Waals surface area (Å²) < 4.78 is 11.6. The molecule has 3 aliphatic rings. The number of ether oxygens (including phenoxy) is 2. The fourth-order valence-electron chi connectivity index (χ4n) is 4.37. The molecule has 1 spiro atoms. The van der Waals surface area contributed by atoms with E-state index in [2.05, 4.69) is 13.8 Å². The van der Waals surface area contributed by atoms with Crippen molar-refractivity contribution >= 4 is 0 Å². The highest BCUT2D eigenvalue weighted by molar-refractivity contribution is 5.05. The third kappa shape index (κ3) is 2.21. The molecule has 2 aliphatic heterocycles. The molecule has 2 N–H and O–H groups in total. The van der Waals surface area contributed by atoms with Crippen molar-refractivity contribution < 1.29 is 9.47 Å². The van der Waals surface area contributed by atoms with E-state index in [4.69, 9.17) is 15.2 Å². The van der Waals surface area contributed by atoms with Crippen LogP contribution in [0.4, 0.5) is 0 Å². The SMILES string of the molecule is CC1(C)CCC(N)(C2CCOC3(CCOC3)C2)C1. The molecule has 3 unspecified atom stereocenters. The van der Waals surface area contributed by atoms with Gasteiger partial charge in [0.05, 0.1) is 12.2 Å². The van der Waals surface area contributed by atoms with Crippen molar-refractivity contribution in [3.8, 4) is 0 Å². The van der Waals surface area contributed by atoms with Gasteiger partial charge < -0.3 is 15.2 Å². The lowest BCUT2D eigenvalue weighted by Gasteiger charge is -2.44. The Morgan fingerprint density at radius 2 is 1.94 bits per heavy atom. The lowest BCUT2D eigenvalue weighted by Crippen LogP contribution is -2.52. The van der Waals surface area contributed by atoms with Gasteiger partial charge in [-0.25, -0.2) is 0 Å². The van der Waals surface area contributed by atoms with Gasteiger partial charge in [-0.3, -0.25) is 0 Å². The largest absolute Gasteiger partial charge is 0.378 e. The van der Waals surface area contributed by atoms with Crippen LogP contribution in [-0.4, -0.2) is 31.0 Å². The van der Waals surface area contributed by atoms with Gasteiger partial charge in [-0.05, 0) is 43.4 Å². The summed E-state index contributed by atoms with van der Waals surface area (Å²) in [5.41, 5.74) is 7.23. The maximum Gasteiger partial charge on any atom is 0.0940 e. The molecule has 0 aromatic heterocycles. The molecule has 0 aromatic rings. The first kappa shape index (κ1) is 12.9. The van der Waals surface area contributed by atoms with E-state index in [0.717, 1.165) is 39.1 Å². The van der Waals surface area contributed by atoms with Gasteiger partial charge in [-0.15, -0.1) is 0 Å². The van der Waals surface area contributed by atoms with Gasteiger partial charge in [0.2, 0.25) is 0 Å². The molecule has 1 aliphatic carbocycles. The molecule has 3 fully saturated rings. The van der Waals surface area contributed by atoms with Gasteiger partial charge in [-0.1, -0.05) is 13.8 Å². The molecule has 0 radical (unpaired) electrons. The van der Waals surface area contributed by atoms with Gasteiger partial charge >= 0.3 is 0 Å². The highest BCUT2D eigenvalue weighted by Crippen LogP contribution is 2.50. The van der Waals surface area contributed by atoms with Gasteiger partial charge in [-0.2, -0.15) is 0 Å².